The van der Waals surface area contributed by atoms with Crippen molar-refractivity contribution < 1.29 is 5.11 Å². The normalized spacial score (nSPS) is 21.9. The van der Waals surface area contributed by atoms with Crippen molar-refractivity contribution >= 4 is 29.4 Å². The van der Waals surface area contributed by atoms with E-state index in [1.807, 2.05) is 25.3 Å². The van der Waals surface area contributed by atoms with Crippen LogP contribution in [0.3, 0.4) is 0 Å². The maximum Gasteiger partial charge on any atom is 0.165 e. The van der Waals surface area contributed by atoms with Crippen LogP contribution in [0.5, 0.6) is 0 Å². The molecule has 0 bridgehead atoms. The van der Waals surface area contributed by atoms with E-state index in [-0.39, 0.29) is 19.0 Å². The van der Waals surface area contributed by atoms with Gasteiger partial charge in [-0.1, -0.05) is 0 Å². The highest BCUT2D eigenvalue weighted by atomic mass is 35.5. The summed E-state index contributed by atoms with van der Waals surface area (Å²) in [4.78, 5) is 15.1. The summed E-state index contributed by atoms with van der Waals surface area (Å²) in [6.07, 6.45) is 6.61. The van der Waals surface area contributed by atoms with Gasteiger partial charge in [0.1, 0.15) is 6.33 Å². The average Bonchev–Trinajstić information content (AvgIpc) is 3.03. The van der Waals surface area contributed by atoms with Gasteiger partial charge in [-0.25, -0.2) is 15.0 Å². The lowest BCUT2D eigenvalue weighted by molar-refractivity contribution is 0.226. The van der Waals surface area contributed by atoms with E-state index in [1.165, 1.54) is 0 Å². The van der Waals surface area contributed by atoms with Gasteiger partial charge in [-0.15, -0.1) is 12.4 Å². The second-order valence-corrected chi connectivity index (χ2v) is 5.43. The lowest BCUT2D eigenvalue weighted by Crippen LogP contribution is -2.12. The number of anilines is 1. The van der Waals surface area contributed by atoms with Crippen molar-refractivity contribution in [1.82, 2.24) is 19.5 Å². The summed E-state index contributed by atoms with van der Waals surface area (Å²) >= 11 is 0. The average molecular weight is 298 g/mol. The number of fused-ring (bicyclic) bond motifs is 1. The molecule has 0 radical (unpaired) electrons. The topological polar surface area (TPSA) is 67.1 Å². The monoisotopic (exact) mass is 297 g/mol. The number of halogens is 1. The fraction of sp³-hybridized carbons (Fsp3) is 0.615. The third kappa shape index (κ3) is 2.45. The van der Waals surface area contributed by atoms with Gasteiger partial charge >= 0.3 is 0 Å². The molecule has 0 saturated heterocycles. The molecule has 2 unspecified atom stereocenters. The first-order valence-corrected chi connectivity index (χ1v) is 6.66. The van der Waals surface area contributed by atoms with E-state index < -0.39 is 0 Å². The van der Waals surface area contributed by atoms with Gasteiger partial charge in [0.05, 0.1) is 6.33 Å². The minimum Gasteiger partial charge on any atom is -0.396 e. The van der Waals surface area contributed by atoms with E-state index in [9.17, 15) is 5.11 Å². The van der Waals surface area contributed by atoms with Gasteiger partial charge in [0.2, 0.25) is 0 Å². The van der Waals surface area contributed by atoms with Crippen molar-refractivity contribution in [2.24, 2.45) is 5.92 Å². The molecule has 1 aliphatic carbocycles. The minimum absolute atomic E-state index is 0. The van der Waals surface area contributed by atoms with Crippen LogP contribution >= 0.6 is 12.4 Å². The molecule has 0 spiro atoms. The Morgan fingerprint density at radius 3 is 2.75 bits per heavy atom. The summed E-state index contributed by atoms with van der Waals surface area (Å²) in [5.41, 5.74) is 1.74. The Kier molecular flexibility index (Phi) is 4.45. The van der Waals surface area contributed by atoms with Gasteiger partial charge in [0.25, 0.3) is 0 Å². The predicted molar refractivity (Wildman–Crippen MR) is 80.4 cm³/mol. The van der Waals surface area contributed by atoms with E-state index in [0.29, 0.717) is 12.0 Å². The molecule has 2 aromatic heterocycles. The van der Waals surface area contributed by atoms with Crippen LogP contribution in [0, 0.1) is 5.92 Å². The molecule has 2 heterocycles. The third-order valence-corrected chi connectivity index (χ3v) is 3.93. The first kappa shape index (κ1) is 15.0. The molecule has 2 atom stereocenters. The molecule has 1 aliphatic rings. The van der Waals surface area contributed by atoms with Gasteiger partial charge in [-0.2, -0.15) is 0 Å². The predicted octanol–water partition coefficient (Wildman–Crippen LogP) is 1.65. The number of nitrogens with zero attached hydrogens (tertiary/aromatic N) is 5. The fourth-order valence-electron chi connectivity index (χ4n) is 2.90. The van der Waals surface area contributed by atoms with Gasteiger partial charge in [-0.3, -0.25) is 0 Å². The third-order valence-electron chi connectivity index (χ3n) is 3.93. The van der Waals surface area contributed by atoms with E-state index in [0.717, 1.165) is 36.2 Å². The SMILES string of the molecule is CN(C)c1ncnc2c1ncn2C1CCC(CO)C1.Cl. The number of aliphatic hydroxyl groups is 1. The quantitative estimate of drug-likeness (QED) is 0.933. The van der Waals surface area contributed by atoms with Crippen LogP contribution in [0.2, 0.25) is 0 Å². The van der Waals surface area contributed by atoms with E-state index in [2.05, 4.69) is 19.5 Å². The Labute approximate surface area is 124 Å². The van der Waals surface area contributed by atoms with Crippen molar-refractivity contribution in [2.75, 3.05) is 25.6 Å². The molecule has 20 heavy (non-hydrogen) atoms. The Morgan fingerprint density at radius 1 is 1.30 bits per heavy atom. The first-order valence-electron chi connectivity index (χ1n) is 6.66. The molecule has 0 aliphatic heterocycles. The van der Waals surface area contributed by atoms with Crippen LogP contribution in [0.15, 0.2) is 12.7 Å². The number of imidazole rings is 1. The summed E-state index contributed by atoms with van der Waals surface area (Å²) in [6, 6.07) is 0.395. The maximum atomic E-state index is 9.25. The highest BCUT2D eigenvalue weighted by Crippen LogP contribution is 2.36. The van der Waals surface area contributed by atoms with Crippen LogP contribution in [0.4, 0.5) is 5.82 Å². The zero-order valence-electron chi connectivity index (χ0n) is 11.7. The number of hydrogen-bond acceptors (Lipinski definition) is 5. The fourth-order valence-corrected chi connectivity index (χ4v) is 2.90. The van der Waals surface area contributed by atoms with Crippen LogP contribution < -0.4 is 4.90 Å². The van der Waals surface area contributed by atoms with Crippen molar-refractivity contribution in [3.8, 4) is 0 Å². The van der Waals surface area contributed by atoms with E-state index in [4.69, 9.17) is 0 Å². The number of rotatable bonds is 3. The largest absolute Gasteiger partial charge is 0.396 e. The second-order valence-electron chi connectivity index (χ2n) is 5.43. The minimum atomic E-state index is 0. The smallest absolute Gasteiger partial charge is 0.165 e. The molecule has 0 aromatic carbocycles. The van der Waals surface area contributed by atoms with Gasteiger partial charge in [0, 0.05) is 26.7 Å². The standard InChI is InChI=1S/C13H19N5O.ClH/c1-17(2)12-11-13(15-7-14-12)18(8-16-11)10-4-3-9(5-10)6-19;/h7-10,19H,3-6H2,1-2H3;1H. The van der Waals surface area contributed by atoms with Crippen molar-refractivity contribution in [3.63, 3.8) is 0 Å². The van der Waals surface area contributed by atoms with Gasteiger partial charge in [0.15, 0.2) is 17.0 Å². The summed E-state index contributed by atoms with van der Waals surface area (Å²) in [5.74, 6) is 1.26. The van der Waals surface area contributed by atoms with E-state index >= 15 is 0 Å². The molecule has 6 nitrogen and oxygen atoms in total. The molecule has 0 amide bonds. The zero-order valence-corrected chi connectivity index (χ0v) is 12.5. The van der Waals surface area contributed by atoms with Crippen molar-refractivity contribution in [2.45, 2.75) is 25.3 Å². The highest BCUT2D eigenvalue weighted by molar-refractivity contribution is 5.85. The van der Waals surface area contributed by atoms with E-state index in [1.54, 1.807) is 6.33 Å². The summed E-state index contributed by atoms with van der Waals surface area (Å²) in [7, 11) is 3.91. The number of aromatic nitrogens is 4. The Bertz CT molecular complexity index is 585. The summed E-state index contributed by atoms with van der Waals surface area (Å²) in [6.45, 7) is 0.279. The lowest BCUT2D eigenvalue weighted by atomic mass is 10.1. The first-order chi connectivity index (χ1) is 9.20. The Hall–Kier alpha value is -1.40. The molecule has 1 fully saturated rings. The molecule has 1 saturated carbocycles. The van der Waals surface area contributed by atoms with Crippen molar-refractivity contribution in [1.29, 1.82) is 0 Å². The second kappa shape index (κ2) is 5.93. The van der Waals surface area contributed by atoms with Crippen LogP contribution in [0.1, 0.15) is 25.3 Å². The lowest BCUT2D eigenvalue weighted by Gasteiger charge is -2.14. The number of aliphatic hydroxyl groups excluding tert-OH is 1. The molecule has 1 N–H and O–H groups in total. The molecule has 3 rings (SSSR count). The Balaban J connectivity index is 0.00000147. The summed E-state index contributed by atoms with van der Waals surface area (Å²) < 4.78 is 2.14. The maximum absolute atomic E-state index is 9.25. The molecule has 2 aromatic rings. The molecular formula is C13H20ClN5O. The molecule has 110 valence electrons. The zero-order chi connectivity index (χ0) is 13.4. The number of hydrogen-bond donors (Lipinski definition) is 1. The molecule has 7 heteroatoms. The van der Waals surface area contributed by atoms with Gasteiger partial charge < -0.3 is 14.6 Å². The highest BCUT2D eigenvalue weighted by Gasteiger charge is 2.27. The molecular weight excluding hydrogens is 278 g/mol. The van der Waals surface area contributed by atoms with Crippen molar-refractivity contribution in [3.05, 3.63) is 12.7 Å². The van der Waals surface area contributed by atoms with Crippen LogP contribution in [-0.4, -0.2) is 45.3 Å². The Morgan fingerprint density at radius 2 is 2.10 bits per heavy atom. The summed E-state index contributed by atoms with van der Waals surface area (Å²) in [5, 5.41) is 9.25. The van der Waals surface area contributed by atoms with Crippen LogP contribution in [0.25, 0.3) is 11.2 Å². The van der Waals surface area contributed by atoms with Crippen LogP contribution in [-0.2, 0) is 0 Å². The van der Waals surface area contributed by atoms with Gasteiger partial charge in [-0.05, 0) is 25.2 Å².